The van der Waals surface area contributed by atoms with Crippen molar-refractivity contribution < 1.29 is 23.7 Å². The van der Waals surface area contributed by atoms with Crippen molar-refractivity contribution in [3.05, 3.63) is 71.8 Å². The first-order chi connectivity index (χ1) is 21.6. The maximum Gasteiger partial charge on any atom is 0.142 e. The summed E-state index contributed by atoms with van der Waals surface area (Å²) in [4.78, 5) is 2.40. The van der Waals surface area contributed by atoms with E-state index in [2.05, 4.69) is 62.9 Å². The molecule has 1 aromatic heterocycles. The zero-order chi connectivity index (χ0) is 30.6. The van der Waals surface area contributed by atoms with Crippen LogP contribution in [0.3, 0.4) is 0 Å². The molecule has 2 aromatic carbocycles. The third-order valence-corrected chi connectivity index (χ3v) is 8.50. The van der Waals surface area contributed by atoms with E-state index in [0.29, 0.717) is 39.1 Å². The van der Waals surface area contributed by atoms with E-state index in [4.69, 9.17) is 23.7 Å². The van der Waals surface area contributed by atoms with Crippen LogP contribution < -0.4 is 15.0 Å². The Hall–Kier alpha value is -3.02. The maximum absolute atomic E-state index is 6.70. The van der Waals surface area contributed by atoms with Crippen LogP contribution in [0.4, 0.5) is 5.69 Å². The predicted molar refractivity (Wildman–Crippen MR) is 170 cm³/mol. The van der Waals surface area contributed by atoms with Crippen molar-refractivity contribution in [2.24, 2.45) is 0 Å². The average molecular weight is 608 g/mol. The molecule has 0 amide bonds. The van der Waals surface area contributed by atoms with Crippen LogP contribution in [0, 0.1) is 0 Å². The van der Waals surface area contributed by atoms with E-state index < -0.39 is 0 Å². The standard InChI is InChI=1S/C34H49N5O5/c1-4-42-26(2)21-41-22-27-6-9-29(10-7-27)31-19-30(12-14-38-24-36-37-25-38)35-20-34(31)44-23-28-8-11-33-32(18-28)39(15-17-43-33)13-5-16-40-3/h6-11,18,24-26,30-31,34-35H,4-5,12-17,19-23H2,1-3H3/t26?,30-,31+,34-/m0/s1. The molecule has 0 radical (unpaired) electrons. The molecule has 0 aliphatic carbocycles. The highest BCUT2D eigenvalue weighted by molar-refractivity contribution is 5.61. The molecule has 240 valence electrons. The van der Waals surface area contributed by atoms with Crippen LogP contribution in [-0.2, 0) is 38.7 Å². The Labute approximate surface area is 262 Å². The van der Waals surface area contributed by atoms with Crippen molar-refractivity contribution in [3.63, 3.8) is 0 Å². The number of hydrogen-bond donors (Lipinski definition) is 1. The fourth-order valence-electron chi connectivity index (χ4n) is 6.13. The number of nitrogens with one attached hydrogen (secondary N) is 1. The van der Waals surface area contributed by atoms with Crippen molar-refractivity contribution in [2.75, 3.05) is 58.1 Å². The van der Waals surface area contributed by atoms with Gasteiger partial charge in [0.15, 0.2) is 0 Å². The summed E-state index contributed by atoms with van der Waals surface area (Å²) in [5.41, 5.74) is 4.78. The second-order valence-corrected chi connectivity index (χ2v) is 11.8. The van der Waals surface area contributed by atoms with Crippen LogP contribution in [-0.4, -0.2) is 86.2 Å². The first kappa shape index (κ1) is 32.4. The summed E-state index contributed by atoms with van der Waals surface area (Å²) in [5.74, 6) is 1.23. The first-order valence-corrected chi connectivity index (χ1v) is 16.1. The molecule has 4 atom stereocenters. The fraction of sp³-hybridized carbons (Fsp3) is 0.588. The van der Waals surface area contributed by atoms with E-state index in [-0.39, 0.29) is 18.1 Å². The fourth-order valence-corrected chi connectivity index (χ4v) is 6.13. The Morgan fingerprint density at radius 3 is 2.66 bits per heavy atom. The Morgan fingerprint density at radius 2 is 1.86 bits per heavy atom. The molecule has 0 spiro atoms. The smallest absolute Gasteiger partial charge is 0.142 e. The average Bonchev–Trinajstić information content (AvgIpc) is 3.58. The van der Waals surface area contributed by atoms with Crippen LogP contribution in [0.2, 0.25) is 0 Å². The number of hydrogen-bond acceptors (Lipinski definition) is 9. The van der Waals surface area contributed by atoms with Gasteiger partial charge in [-0.05, 0) is 61.9 Å². The van der Waals surface area contributed by atoms with Crippen molar-refractivity contribution in [1.29, 1.82) is 0 Å². The molecule has 1 unspecified atom stereocenters. The van der Waals surface area contributed by atoms with E-state index in [1.54, 1.807) is 19.8 Å². The van der Waals surface area contributed by atoms with E-state index in [1.165, 1.54) is 11.1 Å². The highest BCUT2D eigenvalue weighted by Gasteiger charge is 2.32. The van der Waals surface area contributed by atoms with Gasteiger partial charge in [-0.15, -0.1) is 10.2 Å². The van der Waals surface area contributed by atoms with Gasteiger partial charge in [0.1, 0.15) is 25.0 Å². The topological polar surface area (TPSA) is 92.1 Å². The van der Waals surface area contributed by atoms with Gasteiger partial charge in [0.2, 0.25) is 0 Å². The van der Waals surface area contributed by atoms with Gasteiger partial charge in [-0.1, -0.05) is 30.3 Å². The molecule has 1 saturated heterocycles. The lowest BCUT2D eigenvalue weighted by molar-refractivity contribution is -0.00718. The molecule has 0 bridgehead atoms. The van der Waals surface area contributed by atoms with Crippen molar-refractivity contribution in [3.8, 4) is 5.75 Å². The van der Waals surface area contributed by atoms with E-state index in [1.807, 2.05) is 18.4 Å². The molecule has 0 saturated carbocycles. The molecule has 10 heteroatoms. The van der Waals surface area contributed by atoms with E-state index >= 15 is 0 Å². The van der Waals surface area contributed by atoms with Gasteiger partial charge in [0.25, 0.3) is 0 Å². The summed E-state index contributed by atoms with van der Waals surface area (Å²) in [5, 5.41) is 11.7. The second-order valence-electron chi connectivity index (χ2n) is 11.8. The predicted octanol–water partition coefficient (Wildman–Crippen LogP) is 4.58. The number of aromatic nitrogens is 3. The molecular formula is C34H49N5O5. The molecule has 2 aliphatic rings. The van der Waals surface area contributed by atoms with Gasteiger partial charge in [0, 0.05) is 51.9 Å². The maximum atomic E-state index is 6.70. The molecule has 2 aliphatic heterocycles. The van der Waals surface area contributed by atoms with Gasteiger partial charge in [-0.2, -0.15) is 0 Å². The third-order valence-electron chi connectivity index (χ3n) is 8.50. The Morgan fingerprint density at radius 1 is 1.05 bits per heavy atom. The van der Waals surface area contributed by atoms with Crippen molar-refractivity contribution in [1.82, 2.24) is 20.1 Å². The van der Waals surface area contributed by atoms with Gasteiger partial charge in [-0.3, -0.25) is 0 Å². The number of nitrogens with zero attached hydrogens (tertiary/aromatic N) is 4. The number of ether oxygens (including phenoxy) is 5. The Bertz CT molecular complexity index is 1240. The lowest BCUT2D eigenvalue weighted by Gasteiger charge is -2.37. The number of rotatable bonds is 17. The van der Waals surface area contributed by atoms with Gasteiger partial charge < -0.3 is 38.5 Å². The minimum atomic E-state index is 0.0559. The quantitative estimate of drug-likeness (QED) is 0.222. The summed E-state index contributed by atoms with van der Waals surface area (Å²) in [7, 11) is 1.75. The van der Waals surface area contributed by atoms with Gasteiger partial charge in [-0.25, -0.2) is 0 Å². The summed E-state index contributed by atoms with van der Waals surface area (Å²) in [6.45, 7) is 11.5. The summed E-state index contributed by atoms with van der Waals surface area (Å²) < 4.78 is 31.5. The molecule has 5 rings (SSSR count). The number of fused-ring (bicyclic) bond motifs is 1. The van der Waals surface area contributed by atoms with Crippen LogP contribution >= 0.6 is 0 Å². The largest absolute Gasteiger partial charge is 0.490 e. The summed E-state index contributed by atoms with van der Waals surface area (Å²) in [6.07, 6.45) is 6.72. The molecule has 1 N–H and O–H groups in total. The molecule has 10 nitrogen and oxygen atoms in total. The highest BCUT2D eigenvalue weighted by atomic mass is 16.5. The van der Waals surface area contributed by atoms with E-state index in [9.17, 15) is 0 Å². The van der Waals surface area contributed by atoms with Crippen LogP contribution in [0.1, 0.15) is 55.7 Å². The van der Waals surface area contributed by atoms with Crippen LogP contribution in [0.15, 0.2) is 55.1 Å². The lowest BCUT2D eigenvalue weighted by atomic mass is 9.83. The first-order valence-electron chi connectivity index (χ1n) is 16.1. The highest BCUT2D eigenvalue weighted by Crippen LogP contribution is 2.35. The number of methoxy groups -OCH3 is 1. The molecule has 44 heavy (non-hydrogen) atoms. The zero-order valence-corrected chi connectivity index (χ0v) is 26.5. The summed E-state index contributed by atoms with van der Waals surface area (Å²) in [6, 6.07) is 15.7. The SMILES string of the molecule is CCOC(C)COCc1ccc([C@H]2C[C@H](CCn3cnnc3)NC[C@@H]2OCc2ccc3c(c2)N(CCCOC)CCO3)cc1. The molecule has 3 aromatic rings. The Kier molecular flexibility index (Phi) is 12.4. The Balaban J connectivity index is 1.23. The normalized spacial score (nSPS) is 20.7. The van der Waals surface area contributed by atoms with Gasteiger partial charge in [0.05, 0.1) is 44.3 Å². The van der Waals surface area contributed by atoms with Crippen LogP contribution in [0.5, 0.6) is 5.75 Å². The lowest BCUT2D eigenvalue weighted by Crippen LogP contribution is -2.47. The van der Waals surface area contributed by atoms with Crippen molar-refractivity contribution >= 4 is 5.69 Å². The number of aryl methyl sites for hydroxylation is 1. The zero-order valence-electron chi connectivity index (χ0n) is 26.5. The van der Waals surface area contributed by atoms with Gasteiger partial charge >= 0.3 is 0 Å². The summed E-state index contributed by atoms with van der Waals surface area (Å²) >= 11 is 0. The minimum Gasteiger partial charge on any atom is -0.490 e. The van der Waals surface area contributed by atoms with Crippen LogP contribution in [0.25, 0.3) is 0 Å². The molecular weight excluding hydrogens is 558 g/mol. The third kappa shape index (κ3) is 9.25. The van der Waals surface area contributed by atoms with Crippen molar-refractivity contribution in [2.45, 2.75) is 77.0 Å². The minimum absolute atomic E-state index is 0.0559. The molecule has 3 heterocycles. The second kappa shape index (κ2) is 16.9. The monoisotopic (exact) mass is 607 g/mol. The van der Waals surface area contributed by atoms with E-state index in [0.717, 1.165) is 69.0 Å². The number of piperidine rings is 1. The number of anilines is 1. The number of benzene rings is 2. The molecule has 1 fully saturated rings.